The second kappa shape index (κ2) is 6.65. The maximum atomic E-state index is 13.4. The van der Waals surface area contributed by atoms with Crippen LogP contribution in [0.2, 0.25) is 0 Å². The van der Waals surface area contributed by atoms with Gasteiger partial charge in [0.25, 0.3) is 0 Å². The van der Waals surface area contributed by atoms with Crippen LogP contribution in [0.15, 0.2) is 18.2 Å². The van der Waals surface area contributed by atoms with Crippen LogP contribution in [0.5, 0.6) is 0 Å². The van der Waals surface area contributed by atoms with E-state index in [9.17, 15) is 4.39 Å². The summed E-state index contributed by atoms with van der Waals surface area (Å²) in [6.45, 7) is 2.42. The van der Waals surface area contributed by atoms with Crippen molar-refractivity contribution in [2.45, 2.75) is 38.3 Å². The van der Waals surface area contributed by atoms with Gasteiger partial charge in [-0.2, -0.15) is 5.26 Å². The largest absolute Gasteiger partial charge is 0.330 e. The maximum Gasteiger partial charge on any atom is 0.124 e. The van der Waals surface area contributed by atoms with Crippen LogP contribution in [0.3, 0.4) is 0 Å². The minimum Gasteiger partial charge on any atom is -0.330 e. The highest BCUT2D eigenvalue weighted by Gasteiger charge is 2.21. The standard InChI is InChI=1S/C15H20FN3/c16-14-8-12(10-18)7-13(9-14)11-19-6-2-1-3-15(19)4-5-17/h7-9,15H,1-6,11,17H2. The molecule has 1 heterocycles. The van der Waals surface area contributed by atoms with Gasteiger partial charge in [0.05, 0.1) is 11.6 Å². The number of likely N-dealkylation sites (tertiary alicyclic amines) is 1. The minimum atomic E-state index is -0.332. The summed E-state index contributed by atoms with van der Waals surface area (Å²) in [5, 5.41) is 8.88. The van der Waals surface area contributed by atoms with E-state index < -0.39 is 0 Å². The minimum absolute atomic E-state index is 0.332. The Morgan fingerprint density at radius 1 is 1.37 bits per heavy atom. The number of benzene rings is 1. The Morgan fingerprint density at radius 3 is 2.95 bits per heavy atom. The van der Waals surface area contributed by atoms with Crippen LogP contribution in [0.1, 0.15) is 36.8 Å². The van der Waals surface area contributed by atoms with E-state index in [1.54, 1.807) is 6.07 Å². The molecule has 1 unspecified atom stereocenters. The first-order valence-corrected chi connectivity index (χ1v) is 6.86. The van der Waals surface area contributed by atoms with Crippen molar-refractivity contribution in [2.75, 3.05) is 13.1 Å². The molecule has 4 heteroatoms. The SMILES string of the molecule is N#Cc1cc(F)cc(CN2CCCCC2CCN)c1. The van der Waals surface area contributed by atoms with Gasteiger partial charge in [-0.25, -0.2) is 4.39 Å². The van der Waals surface area contributed by atoms with E-state index in [1.807, 2.05) is 6.07 Å². The van der Waals surface area contributed by atoms with Crippen molar-refractivity contribution >= 4 is 0 Å². The lowest BCUT2D eigenvalue weighted by atomic mass is 9.98. The Labute approximate surface area is 113 Å². The summed E-state index contributed by atoms with van der Waals surface area (Å²) in [4.78, 5) is 2.37. The zero-order chi connectivity index (χ0) is 13.7. The summed E-state index contributed by atoms with van der Waals surface area (Å²) in [6.07, 6.45) is 4.58. The number of hydrogen-bond acceptors (Lipinski definition) is 3. The molecule has 3 nitrogen and oxygen atoms in total. The van der Waals surface area contributed by atoms with Crippen molar-refractivity contribution < 1.29 is 4.39 Å². The Balaban J connectivity index is 2.10. The Bertz CT molecular complexity index is 465. The van der Waals surface area contributed by atoms with Crippen molar-refractivity contribution in [3.8, 4) is 6.07 Å². The van der Waals surface area contributed by atoms with E-state index in [2.05, 4.69) is 4.90 Å². The Morgan fingerprint density at radius 2 is 2.21 bits per heavy atom. The van der Waals surface area contributed by atoms with Crippen molar-refractivity contribution in [1.82, 2.24) is 4.90 Å². The van der Waals surface area contributed by atoms with Crippen LogP contribution >= 0.6 is 0 Å². The predicted octanol–water partition coefficient (Wildman–Crippen LogP) is 2.40. The summed E-state index contributed by atoms with van der Waals surface area (Å²) in [6, 6.07) is 7.07. The molecule has 19 heavy (non-hydrogen) atoms. The second-order valence-electron chi connectivity index (χ2n) is 5.16. The summed E-state index contributed by atoms with van der Waals surface area (Å²) in [7, 11) is 0. The summed E-state index contributed by atoms with van der Waals surface area (Å²) < 4.78 is 13.4. The molecule has 1 aromatic rings. The molecule has 1 saturated heterocycles. The molecule has 0 saturated carbocycles. The molecule has 102 valence electrons. The van der Waals surface area contributed by atoms with Crippen LogP contribution in [0.25, 0.3) is 0 Å². The van der Waals surface area contributed by atoms with Gasteiger partial charge in [-0.05, 0) is 56.1 Å². The Hall–Kier alpha value is -1.44. The first kappa shape index (κ1) is 14.0. The molecule has 0 aromatic heterocycles. The van der Waals surface area contributed by atoms with E-state index in [0.717, 1.165) is 24.9 Å². The quantitative estimate of drug-likeness (QED) is 0.905. The van der Waals surface area contributed by atoms with Crippen molar-refractivity contribution in [1.29, 1.82) is 5.26 Å². The summed E-state index contributed by atoms with van der Waals surface area (Å²) in [5.74, 6) is -0.332. The van der Waals surface area contributed by atoms with Crippen LogP contribution < -0.4 is 5.73 Å². The second-order valence-corrected chi connectivity index (χ2v) is 5.16. The fourth-order valence-electron chi connectivity index (χ4n) is 2.83. The average Bonchev–Trinajstić information content (AvgIpc) is 2.40. The maximum absolute atomic E-state index is 13.4. The summed E-state index contributed by atoms with van der Waals surface area (Å²) >= 11 is 0. The van der Waals surface area contributed by atoms with Crippen LogP contribution in [0.4, 0.5) is 4.39 Å². The van der Waals surface area contributed by atoms with Gasteiger partial charge in [0.1, 0.15) is 5.82 Å². The zero-order valence-corrected chi connectivity index (χ0v) is 11.1. The molecular weight excluding hydrogens is 241 g/mol. The molecule has 0 spiro atoms. The molecule has 1 atom stereocenters. The number of nitrogens with two attached hydrogens (primary N) is 1. The Kier molecular flexibility index (Phi) is 4.89. The molecule has 0 radical (unpaired) electrons. The van der Waals surface area contributed by atoms with Crippen molar-refractivity contribution in [2.24, 2.45) is 5.73 Å². The fourth-order valence-corrected chi connectivity index (χ4v) is 2.83. The molecule has 0 bridgehead atoms. The lowest BCUT2D eigenvalue weighted by molar-refractivity contribution is 0.134. The van der Waals surface area contributed by atoms with Gasteiger partial charge in [0.2, 0.25) is 0 Å². The lowest BCUT2D eigenvalue weighted by Crippen LogP contribution is -2.40. The van der Waals surface area contributed by atoms with Crippen LogP contribution in [0, 0.1) is 17.1 Å². The van der Waals surface area contributed by atoms with Gasteiger partial charge >= 0.3 is 0 Å². The van der Waals surface area contributed by atoms with Crippen LogP contribution in [-0.4, -0.2) is 24.0 Å². The van der Waals surface area contributed by atoms with Gasteiger partial charge in [-0.15, -0.1) is 0 Å². The highest BCUT2D eigenvalue weighted by Crippen LogP contribution is 2.22. The van der Waals surface area contributed by atoms with E-state index >= 15 is 0 Å². The third kappa shape index (κ3) is 3.76. The average molecular weight is 261 g/mol. The smallest absolute Gasteiger partial charge is 0.124 e. The molecule has 2 N–H and O–H groups in total. The van der Waals surface area contributed by atoms with Gasteiger partial charge in [0.15, 0.2) is 0 Å². The number of nitriles is 1. The van der Waals surface area contributed by atoms with E-state index in [0.29, 0.717) is 24.7 Å². The lowest BCUT2D eigenvalue weighted by Gasteiger charge is -2.35. The fraction of sp³-hybridized carbons (Fsp3) is 0.533. The first-order valence-electron chi connectivity index (χ1n) is 6.86. The first-order chi connectivity index (χ1) is 9.22. The molecule has 2 rings (SSSR count). The van der Waals surface area contributed by atoms with E-state index in [1.165, 1.54) is 25.0 Å². The highest BCUT2D eigenvalue weighted by atomic mass is 19.1. The van der Waals surface area contributed by atoms with E-state index in [-0.39, 0.29) is 5.82 Å². The third-order valence-electron chi connectivity index (χ3n) is 3.72. The summed E-state index contributed by atoms with van der Waals surface area (Å²) in [5.41, 5.74) is 6.92. The number of hydrogen-bond donors (Lipinski definition) is 1. The molecule has 1 fully saturated rings. The predicted molar refractivity (Wildman–Crippen MR) is 72.8 cm³/mol. The van der Waals surface area contributed by atoms with Crippen molar-refractivity contribution in [3.63, 3.8) is 0 Å². The number of nitrogens with zero attached hydrogens (tertiary/aromatic N) is 2. The number of halogens is 1. The number of piperidine rings is 1. The topological polar surface area (TPSA) is 53.0 Å². The monoisotopic (exact) mass is 261 g/mol. The van der Waals surface area contributed by atoms with Gasteiger partial charge < -0.3 is 5.73 Å². The van der Waals surface area contributed by atoms with Gasteiger partial charge in [-0.1, -0.05) is 6.42 Å². The number of rotatable bonds is 4. The highest BCUT2D eigenvalue weighted by molar-refractivity contribution is 5.33. The van der Waals surface area contributed by atoms with Gasteiger partial charge in [0, 0.05) is 12.6 Å². The van der Waals surface area contributed by atoms with E-state index in [4.69, 9.17) is 11.0 Å². The molecule has 0 aliphatic carbocycles. The third-order valence-corrected chi connectivity index (χ3v) is 3.72. The molecular formula is C15H20FN3. The molecule has 1 aliphatic rings. The molecule has 1 aliphatic heterocycles. The molecule has 1 aromatic carbocycles. The molecule has 0 amide bonds. The zero-order valence-electron chi connectivity index (χ0n) is 11.1. The van der Waals surface area contributed by atoms with Crippen LogP contribution in [-0.2, 0) is 6.54 Å². The van der Waals surface area contributed by atoms with Crippen molar-refractivity contribution in [3.05, 3.63) is 35.1 Å². The normalized spacial score (nSPS) is 20.2. The van der Waals surface area contributed by atoms with Gasteiger partial charge in [-0.3, -0.25) is 4.90 Å².